The zero-order valence-electron chi connectivity index (χ0n) is 15.5. The first-order chi connectivity index (χ1) is 14.2. The highest BCUT2D eigenvalue weighted by atomic mass is 16.5. The fourth-order valence-corrected chi connectivity index (χ4v) is 2.59. The van der Waals surface area contributed by atoms with E-state index in [9.17, 15) is 4.79 Å². The average molecular weight is 387 g/mol. The molecule has 1 amide bonds. The summed E-state index contributed by atoms with van der Waals surface area (Å²) in [7, 11) is 1.59. The summed E-state index contributed by atoms with van der Waals surface area (Å²) >= 11 is 0. The number of hydrogen-bond acceptors (Lipinski definition) is 6. The van der Waals surface area contributed by atoms with Crippen molar-refractivity contribution in [3.05, 3.63) is 84.4 Å². The Hall–Kier alpha value is -4.13. The molecule has 144 valence electrons. The summed E-state index contributed by atoms with van der Waals surface area (Å²) in [6.45, 7) is 0. The third-order valence-electron chi connectivity index (χ3n) is 4.08. The van der Waals surface area contributed by atoms with Crippen LogP contribution in [0.1, 0.15) is 10.4 Å². The van der Waals surface area contributed by atoms with E-state index in [0.29, 0.717) is 17.2 Å². The second kappa shape index (κ2) is 8.26. The van der Waals surface area contributed by atoms with Gasteiger partial charge in [0.15, 0.2) is 0 Å². The van der Waals surface area contributed by atoms with Crippen molar-refractivity contribution < 1.29 is 18.7 Å². The van der Waals surface area contributed by atoms with Gasteiger partial charge in [0, 0.05) is 11.1 Å². The van der Waals surface area contributed by atoms with E-state index in [-0.39, 0.29) is 11.9 Å². The first kappa shape index (κ1) is 18.2. The maximum atomic E-state index is 12.4. The molecule has 0 aliphatic heterocycles. The number of methoxy groups -OCH3 is 1. The standard InChI is InChI=1S/C22H17N3O4/c1-27-17-11-9-16(10-12-17)21-24-25-22(29-21)23-20(26)15-7-13-19(14-8-15)28-18-5-3-2-4-6-18/h2-14H,1H3,(H,23,25,26). The molecule has 0 aliphatic rings. The molecule has 1 aromatic heterocycles. The predicted octanol–water partition coefficient (Wildman–Crippen LogP) is 4.79. The van der Waals surface area contributed by atoms with Crippen LogP contribution in [0.2, 0.25) is 0 Å². The van der Waals surface area contributed by atoms with Crippen molar-refractivity contribution in [2.24, 2.45) is 0 Å². The number of nitrogens with zero attached hydrogens (tertiary/aromatic N) is 2. The van der Waals surface area contributed by atoms with Gasteiger partial charge in [-0.25, -0.2) is 0 Å². The van der Waals surface area contributed by atoms with Crippen molar-refractivity contribution in [2.45, 2.75) is 0 Å². The summed E-state index contributed by atoms with van der Waals surface area (Å²) in [5.41, 5.74) is 1.16. The molecule has 3 aromatic carbocycles. The lowest BCUT2D eigenvalue weighted by Crippen LogP contribution is -2.11. The number of aromatic nitrogens is 2. The Bertz CT molecular complexity index is 1090. The zero-order chi connectivity index (χ0) is 20.1. The van der Waals surface area contributed by atoms with Crippen molar-refractivity contribution in [3.63, 3.8) is 0 Å². The smallest absolute Gasteiger partial charge is 0.322 e. The van der Waals surface area contributed by atoms with Gasteiger partial charge in [-0.1, -0.05) is 23.3 Å². The Morgan fingerprint density at radius 1 is 0.828 bits per heavy atom. The topological polar surface area (TPSA) is 86.5 Å². The number of para-hydroxylation sites is 1. The second-order valence-electron chi connectivity index (χ2n) is 6.03. The van der Waals surface area contributed by atoms with Gasteiger partial charge in [-0.2, -0.15) is 0 Å². The molecule has 0 saturated carbocycles. The molecule has 0 spiro atoms. The lowest BCUT2D eigenvalue weighted by Gasteiger charge is -2.06. The third kappa shape index (κ3) is 4.41. The first-order valence-corrected chi connectivity index (χ1v) is 8.83. The monoisotopic (exact) mass is 387 g/mol. The molecule has 1 N–H and O–H groups in total. The maximum absolute atomic E-state index is 12.4. The van der Waals surface area contributed by atoms with Crippen LogP contribution in [0.25, 0.3) is 11.5 Å². The Morgan fingerprint density at radius 3 is 2.17 bits per heavy atom. The van der Waals surface area contributed by atoms with Crippen LogP contribution < -0.4 is 14.8 Å². The molecule has 0 atom stereocenters. The van der Waals surface area contributed by atoms with Crippen LogP contribution in [0.3, 0.4) is 0 Å². The third-order valence-corrected chi connectivity index (χ3v) is 4.08. The van der Waals surface area contributed by atoms with Crippen molar-refractivity contribution in [1.29, 1.82) is 0 Å². The molecule has 0 unspecified atom stereocenters. The van der Waals surface area contributed by atoms with Gasteiger partial charge < -0.3 is 13.9 Å². The van der Waals surface area contributed by atoms with Crippen LogP contribution in [0.15, 0.2) is 83.3 Å². The Morgan fingerprint density at radius 2 is 1.48 bits per heavy atom. The van der Waals surface area contributed by atoms with Gasteiger partial charge >= 0.3 is 6.01 Å². The minimum atomic E-state index is -0.360. The van der Waals surface area contributed by atoms with Gasteiger partial charge in [0.1, 0.15) is 17.2 Å². The van der Waals surface area contributed by atoms with Crippen molar-refractivity contribution >= 4 is 11.9 Å². The summed E-state index contributed by atoms with van der Waals surface area (Å²) in [5, 5.41) is 10.4. The van der Waals surface area contributed by atoms with E-state index in [1.54, 1.807) is 55.6 Å². The van der Waals surface area contributed by atoms with Gasteiger partial charge in [0.2, 0.25) is 5.89 Å². The Kier molecular flexibility index (Phi) is 5.20. The van der Waals surface area contributed by atoms with Crippen LogP contribution in [0.4, 0.5) is 6.01 Å². The van der Waals surface area contributed by atoms with Gasteiger partial charge in [-0.3, -0.25) is 10.1 Å². The molecule has 0 saturated heterocycles. The minimum Gasteiger partial charge on any atom is -0.497 e. The highest BCUT2D eigenvalue weighted by Crippen LogP contribution is 2.24. The largest absolute Gasteiger partial charge is 0.497 e. The highest BCUT2D eigenvalue weighted by molar-refractivity contribution is 6.03. The first-order valence-electron chi connectivity index (χ1n) is 8.83. The maximum Gasteiger partial charge on any atom is 0.322 e. The van der Waals surface area contributed by atoms with Crippen LogP contribution >= 0.6 is 0 Å². The summed E-state index contributed by atoms with van der Waals surface area (Å²) in [6.07, 6.45) is 0. The quantitative estimate of drug-likeness (QED) is 0.512. The number of nitrogens with one attached hydrogen (secondary N) is 1. The number of carbonyl (C=O) groups excluding carboxylic acids is 1. The molecule has 0 bridgehead atoms. The van der Waals surface area contributed by atoms with E-state index in [1.165, 1.54) is 0 Å². The number of benzene rings is 3. The molecule has 0 aliphatic carbocycles. The van der Waals surface area contributed by atoms with Gasteiger partial charge in [-0.05, 0) is 60.7 Å². The lowest BCUT2D eigenvalue weighted by molar-refractivity contribution is 0.102. The fourth-order valence-electron chi connectivity index (χ4n) is 2.59. The molecule has 4 rings (SSSR count). The SMILES string of the molecule is COc1ccc(-c2nnc(NC(=O)c3ccc(Oc4ccccc4)cc3)o2)cc1. The summed E-state index contributed by atoms with van der Waals surface area (Å²) in [5.74, 6) is 2.02. The number of carbonyl (C=O) groups is 1. The highest BCUT2D eigenvalue weighted by Gasteiger charge is 2.13. The lowest BCUT2D eigenvalue weighted by atomic mass is 10.2. The molecule has 7 nitrogen and oxygen atoms in total. The normalized spacial score (nSPS) is 10.4. The molecular formula is C22H17N3O4. The van der Waals surface area contributed by atoms with Crippen LogP contribution in [-0.4, -0.2) is 23.2 Å². The summed E-state index contributed by atoms with van der Waals surface area (Å²) < 4.78 is 16.4. The zero-order valence-corrected chi connectivity index (χ0v) is 15.5. The summed E-state index contributed by atoms with van der Waals surface area (Å²) in [4.78, 5) is 12.4. The van der Waals surface area contributed by atoms with Gasteiger partial charge in [0.25, 0.3) is 5.91 Å². The summed E-state index contributed by atoms with van der Waals surface area (Å²) in [6, 6.07) is 23.4. The van der Waals surface area contributed by atoms with E-state index >= 15 is 0 Å². The van der Waals surface area contributed by atoms with Crippen molar-refractivity contribution in [2.75, 3.05) is 12.4 Å². The number of amides is 1. The molecule has 0 fully saturated rings. The molecule has 0 radical (unpaired) electrons. The molecule has 1 heterocycles. The molecular weight excluding hydrogens is 370 g/mol. The van der Waals surface area contributed by atoms with Crippen molar-refractivity contribution in [3.8, 4) is 28.7 Å². The van der Waals surface area contributed by atoms with E-state index in [4.69, 9.17) is 13.9 Å². The van der Waals surface area contributed by atoms with Gasteiger partial charge in [0.05, 0.1) is 7.11 Å². The average Bonchev–Trinajstić information content (AvgIpc) is 3.23. The predicted molar refractivity (Wildman–Crippen MR) is 107 cm³/mol. The molecule has 29 heavy (non-hydrogen) atoms. The number of anilines is 1. The van der Waals surface area contributed by atoms with E-state index in [0.717, 1.165) is 17.1 Å². The van der Waals surface area contributed by atoms with Crippen LogP contribution in [0.5, 0.6) is 17.2 Å². The number of rotatable bonds is 6. The van der Waals surface area contributed by atoms with E-state index in [1.807, 2.05) is 30.3 Å². The van der Waals surface area contributed by atoms with Gasteiger partial charge in [-0.15, -0.1) is 5.10 Å². The van der Waals surface area contributed by atoms with Crippen LogP contribution in [-0.2, 0) is 0 Å². The minimum absolute atomic E-state index is 0.0189. The Balaban J connectivity index is 1.41. The number of hydrogen-bond donors (Lipinski definition) is 1. The Labute approximate surface area is 166 Å². The second-order valence-corrected chi connectivity index (χ2v) is 6.03. The molecule has 7 heteroatoms. The number of ether oxygens (including phenoxy) is 2. The van der Waals surface area contributed by atoms with Crippen LogP contribution in [0, 0.1) is 0 Å². The van der Waals surface area contributed by atoms with E-state index in [2.05, 4.69) is 15.5 Å². The molecule has 4 aromatic rings. The van der Waals surface area contributed by atoms with Crippen molar-refractivity contribution in [1.82, 2.24) is 10.2 Å². The fraction of sp³-hybridized carbons (Fsp3) is 0.0455. The van der Waals surface area contributed by atoms with E-state index < -0.39 is 0 Å².